The normalized spacial score (nSPS) is 23.1. The van der Waals surface area contributed by atoms with E-state index in [0.29, 0.717) is 11.0 Å². The number of amides is 1. The molecule has 0 radical (unpaired) electrons. The monoisotopic (exact) mass is 393 g/mol. The van der Waals surface area contributed by atoms with Gasteiger partial charge in [-0.15, -0.1) is 0 Å². The van der Waals surface area contributed by atoms with Gasteiger partial charge in [0.05, 0.1) is 12.2 Å². The number of rotatable bonds is 6. The number of alkyl halides is 3. The van der Waals surface area contributed by atoms with Crippen LogP contribution in [0.4, 0.5) is 18.9 Å². The van der Waals surface area contributed by atoms with E-state index in [9.17, 15) is 22.8 Å². The summed E-state index contributed by atoms with van der Waals surface area (Å²) in [5.41, 5.74) is -2.34. The summed E-state index contributed by atoms with van der Waals surface area (Å²) in [4.78, 5) is 28.0. The van der Waals surface area contributed by atoms with Crippen molar-refractivity contribution >= 4 is 29.4 Å². The molecule has 0 saturated heterocycles. The number of ether oxygens (including phenoxy) is 1. The van der Waals surface area contributed by atoms with Crippen molar-refractivity contribution in [2.75, 3.05) is 5.32 Å². The van der Waals surface area contributed by atoms with Gasteiger partial charge in [0.25, 0.3) is 17.9 Å². The molecule has 1 N–H and O–H groups in total. The van der Waals surface area contributed by atoms with Gasteiger partial charge in [-0.05, 0) is 18.8 Å². The summed E-state index contributed by atoms with van der Waals surface area (Å²) in [6.07, 6.45) is 0.810. The number of nitrogens with one attached hydrogen (secondary N) is 1. The lowest BCUT2D eigenvalue weighted by Crippen LogP contribution is -2.34. The Balaban J connectivity index is 2.15. The van der Waals surface area contributed by atoms with Gasteiger partial charge in [0.2, 0.25) is 5.69 Å². The van der Waals surface area contributed by atoms with Crippen LogP contribution < -0.4 is 10.9 Å². The smallest absolute Gasteiger partial charge is 0.286 e. The minimum Gasteiger partial charge on any atom is -0.330 e. The van der Waals surface area contributed by atoms with Crippen LogP contribution in [0.15, 0.2) is 22.1 Å². The van der Waals surface area contributed by atoms with Gasteiger partial charge >= 0.3 is 0 Å². The van der Waals surface area contributed by atoms with Crippen LogP contribution in [-0.4, -0.2) is 34.9 Å². The zero-order valence-corrected chi connectivity index (χ0v) is 14.8. The summed E-state index contributed by atoms with van der Waals surface area (Å²) < 4.78 is 44.5. The molecule has 3 atom stereocenters. The molecule has 0 aromatic carbocycles. The molecule has 0 fully saturated rings. The van der Waals surface area contributed by atoms with E-state index in [1.54, 1.807) is 6.21 Å². The molecule has 0 aliphatic carbocycles. The largest absolute Gasteiger partial charge is 0.330 e. The van der Waals surface area contributed by atoms with Crippen molar-refractivity contribution in [1.82, 2.24) is 4.57 Å². The van der Waals surface area contributed by atoms with Gasteiger partial charge in [-0.25, -0.2) is 13.2 Å². The quantitative estimate of drug-likeness (QED) is 0.596. The Labute approximate surface area is 153 Å². The van der Waals surface area contributed by atoms with Crippen molar-refractivity contribution in [2.24, 2.45) is 10.9 Å². The number of carbonyl (C=O) groups is 1. The minimum atomic E-state index is -2.84. The topological polar surface area (TPSA) is 72.7 Å². The van der Waals surface area contributed by atoms with E-state index in [4.69, 9.17) is 16.3 Å². The highest BCUT2D eigenvalue weighted by Crippen LogP contribution is 2.22. The van der Waals surface area contributed by atoms with Crippen LogP contribution in [0.25, 0.3) is 0 Å². The fourth-order valence-corrected chi connectivity index (χ4v) is 2.85. The second kappa shape index (κ2) is 9.18. The molecule has 2 heterocycles. The maximum absolute atomic E-state index is 13.7. The molecule has 1 aliphatic rings. The van der Waals surface area contributed by atoms with Gasteiger partial charge in [-0.1, -0.05) is 24.9 Å². The van der Waals surface area contributed by atoms with Crippen LogP contribution in [0.2, 0.25) is 0 Å². The van der Waals surface area contributed by atoms with Gasteiger partial charge in [0.15, 0.2) is 5.82 Å². The van der Waals surface area contributed by atoms with Crippen LogP contribution in [0.3, 0.4) is 0 Å². The molecule has 3 unspecified atom stereocenters. The molecule has 1 aromatic heterocycles. The number of carbonyl (C=O) groups excluding carboxylic acids is 1. The van der Waals surface area contributed by atoms with E-state index in [0.717, 1.165) is 25.1 Å². The summed E-state index contributed by atoms with van der Waals surface area (Å²) in [6.45, 7) is 1.01. The Bertz CT molecular complexity index is 726. The van der Waals surface area contributed by atoms with Crippen molar-refractivity contribution in [3.05, 3.63) is 28.4 Å². The van der Waals surface area contributed by atoms with Crippen LogP contribution in [0.1, 0.15) is 26.2 Å². The van der Waals surface area contributed by atoms with Gasteiger partial charge in [-0.3, -0.25) is 14.6 Å². The summed E-state index contributed by atoms with van der Waals surface area (Å²) >= 11 is 5.87. The third-order valence-corrected chi connectivity index (χ3v) is 4.02. The average Bonchev–Trinajstić information content (AvgIpc) is 2.74. The number of hydrogen-bond acceptors (Lipinski definition) is 4. The predicted molar refractivity (Wildman–Crippen MR) is 91.3 cm³/mol. The number of halogens is 4. The van der Waals surface area contributed by atoms with E-state index >= 15 is 0 Å². The average molecular weight is 394 g/mol. The highest BCUT2D eigenvalue weighted by molar-refractivity contribution is 6.20. The first-order valence-electron chi connectivity index (χ1n) is 8.12. The molecule has 0 bridgehead atoms. The number of anilines is 1. The Morgan fingerprint density at radius 1 is 1.54 bits per heavy atom. The second-order valence-corrected chi connectivity index (χ2v) is 6.29. The molecule has 26 heavy (non-hydrogen) atoms. The second-order valence-electron chi connectivity index (χ2n) is 5.91. The van der Waals surface area contributed by atoms with E-state index < -0.39 is 42.0 Å². The molecule has 6 nitrogen and oxygen atoms in total. The summed E-state index contributed by atoms with van der Waals surface area (Å²) in [6, 6.07) is 0.775. The van der Waals surface area contributed by atoms with Crippen molar-refractivity contribution in [1.29, 1.82) is 0 Å². The molecular formula is C16H19ClF3N3O3. The molecule has 1 aromatic rings. The van der Waals surface area contributed by atoms with Crippen LogP contribution in [0.5, 0.6) is 0 Å². The van der Waals surface area contributed by atoms with E-state index in [2.05, 4.69) is 10.3 Å². The van der Waals surface area contributed by atoms with Crippen molar-refractivity contribution in [3.8, 4) is 0 Å². The predicted octanol–water partition coefficient (Wildman–Crippen LogP) is 2.99. The standard InChI is InChI=1S/C16H19ClF3N3O3/c1-2-3-9-4-12(26-16(17)21-6-9)14(24)22-10-5-11(18)15(25)23(7-10)8-13(19)20/h5-7,9,12-13,16H,2-4,8H2,1H3,(H,22,24). The molecule has 1 aliphatic heterocycles. The number of hydrogen-bond donors (Lipinski definition) is 1. The van der Waals surface area contributed by atoms with Crippen LogP contribution in [-0.2, 0) is 16.1 Å². The number of nitrogens with zero attached hydrogens (tertiary/aromatic N) is 2. The summed E-state index contributed by atoms with van der Waals surface area (Å²) in [5.74, 6) is -1.87. The number of aromatic nitrogens is 1. The fourth-order valence-electron chi connectivity index (χ4n) is 2.66. The van der Waals surface area contributed by atoms with Crippen LogP contribution in [0, 0.1) is 11.7 Å². The van der Waals surface area contributed by atoms with Gasteiger partial charge < -0.3 is 14.6 Å². The summed E-state index contributed by atoms with van der Waals surface area (Å²) in [7, 11) is 0. The van der Waals surface area contributed by atoms with Gasteiger partial charge in [-0.2, -0.15) is 0 Å². The molecule has 2 rings (SSSR count). The van der Waals surface area contributed by atoms with E-state index in [1.807, 2.05) is 6.92 Å². The molecule has 10 heteroatoms. The van der Waals surface area contributed by atoms with Crippen molar-refractivity contribution in [3.63, 3.8) is 0 Å². The third kappa shape index (κ3) is 5.57. The Kier molecular flexibility index (Phi) is 7.22. The first-order chi connectivity index (χ1) is 12.3. The minimum absolute atomic E-state index is 0.0102. The SMILES string of the molecule is CCCC1C=NC(Cl)OC(C(=O)Nc2cc(F)c(=O)n(CC(F)F)c2)C1. The Morgan fingerprint density at radius 2 is 2.27 bits per heavy atom. The number of pyridine rings is 1. The third-order valence-electron chi connectivity index (χ3n) is 3.80. The maximum atomic E-state index is 13.7. The molecule has 0 saturated carbocycles. The maximum Gasteiger partial charge on any atom is 0.286 e. The molecular weight excluding hydrogens is 375 g/mol. The van der Waals surface area contributed by atoms with Crippen molar-refractivity contribution < 1.29 is 22.7 Å². The lowest BCUT2D eigenvalue weighted by Gasteiger charge is -2.19. The van der Waals surface area contributed by atoms with E-state index in [1.165, 1.54) is 0 Å². The van der Waals surface area contributed by atoms with E-state index in [-0.39, 0.29) is 11.6 Å². The first kappa shape index (κ1) is 20.4. The lowest BCUT2D eigenvalue weighted by molar-refractivity contribution is -0.129. The van der Waals surface area contributed by atoms with Gasteiger partial charge in [0.1, 0.15) is 6.10 Å². The Hall–Kier alpha value is -1.87. The van der Waals surface area contributed by atoms with Crippen molar-refractivity contribution in [2.45, 2.75) is 50.9 Å². The molecule has 1 amide bonds. The van der Waals surface area contributed by atoms with Crippen LogP contribution >= 0.6 is 11.6 Å². The lowest BCUT2D eigenvalue weighted by atomic mass is 9.97. The van der Waals surface area contributed by atoms with Gasteiger partial charge in [0, 0.05) is 18.5 Å². The number of aliphatic imine (C=N–C) groups is 1. The highest BCUT2D eigenvalue weighted by atomic mass is 35.5. The zero-order chi connectivity index (χ0) is 19.3. The fraction of sp³-hybridized carbons (Fsp3) is 0.562. The molecule has 144 valence electrons. The zero-order valence-electron chi connectivity index (χ0n) is 14.0. The highest BCUT2D eigenvalue weighted by Gasteiger charge is 2.28. The molecule has 0 spiro atoms. The Morgan fingerprint density at radius 3 is 2.92 bits per heavy atom. The summed E-state index contributed by atoms with van der Waals surface area (Å²) in [5, 5.41) is 2.38. The first-order valence-corrected chi connectivity index (χ1v) is 8.55.